The second-order valence-corrected chi connectivity index (χ2v) is 5.76. The molecule has 20 heavy (non-hydrogen) atoms. The molecule has 0 aliphatic heterocycles. The van der Waals surface area contributed by atoms with Crippen LogP contribution in [0.15, 0.2) is 18.3 Å². The van der Waals surface area contributed by atoms with E-state index in [0.717, 1.165) is 25.3 Å². The van der Waals surface area contributed by atoms with E-state index in [-0.39, 0.29) is 5.91 Å². The van der Waals surface area contributed by atoms with E-state index in [1.165, 1.54) is 12.8 Å². The first-order chi connectivity index (χ1) is 9.63. The zero-order chi connectivity index (χ0) is 14.5. The van der Waals surface area contributed by atoms with Crippen molar-refractivity contribution in [1.29, 1.82) is 0 Å². The predicted molar refractivity (Wildman–Crippen MR) is 81.9 cm³/mol. The third kappa shape index (κ3) is 3.30. The third-order valence-corrected chi connectivity index (χ3v) is 4.24. The Labute approximate surface area is 121 Å². The third-order valence-electron chi connectivity index (χ3n) is 4.24. The monoisotopic (exact) mass is 275 g/mol. The van der Waals surface area contributed by atoms with Crippen molar-refractivity contribution in [2.75, 3.05) is 18.9 Å². The molecule has 1 N–H and O–H groups in total. The molecule has 1 aliphatic rings. The average molecular weight is 275 g/mol. The Hall–Kier alpha value is -1.58. The maximum absolute atomic E-state index is 12.7. The molecule has 0 aromatic carbocycles. The molecule has 0 unspecified atom stereocenters. The fraction of sp³-hybridized carbons (Fsp3) is 0.625. The number of anilines is 1. The zero-order valence-electron chi connectivity index (χ0n) is 12.7. The van der Waals surface area contributed by atoms with Gasteiger partial charge in [0.05, 0.1) is 5.56 Å². The van der Waals surface area contributed by atoms with Gasteiger partial charge in [-0.25, -0.2) is 4.98 Å². The lowest BCUT2D eigenvalue weighted by molar-refractivity contribution is 0.0680. The molecule has 4 heteroatoms. The molecule has 1 amide bonds. The van der Waals surface area contributed by atoms with Crippen LogP contribution >= 0.6 is 0 Å². The normalized spacial score (nSPS) is 22.4. The Morgan fingerprint density at radius 2 is 2.10 bits per heavy atom. The van der Waals surface area contributed by atoms with Gasteiger partial charge in [-0.2, -0.15) is 0 Å². The van der Waals surface area contributed by atoms with Crippen LogP contribution in [0.5, 0.6) is 0 Å². The van der Waals surface area contributed by atoms with Crippen LogP contribution in [0.4, 0.5) is 5.82 Å². The van der Waals surface area contributed by atoms with E-state index >= 15 is 0 Å². The second-order valence-electron chi connectivity index (χ2n) is 5.76. The van der Waals surface area contributed by atoms with Gasteiger partial charge in [0.2, 0.25) is 0 Å². The van der Waals surface area contributed by atoms with Crippen molar-refractivity contribution in [1.82, 2.24) is 9.88 Å². The first-order valence-corrected chi connectivity index (χ1v) is 7.59. The largest absolute Gasteiger partial charge is 0.370 e. The molecule has 1 fully saturated rings. The van der Waals surface area contributed by atoms with Gasteiger partial charge in [-0.3, -0.25) is 4.79 Å². The van der Waals surface area contributed by atoms with Crippen LogP contribution in [-0.2, 0) is 0 Å². The maximum atomic E-state index is 12.7. The van der Waals surface area contributed by atoms with Gasteiger partial charge in [0, 0.05) is 25.8 Å². The summed E-state index contributed by atoms with van der Waals surface area (Å²) in [5.41, 5.74) is 0.676. The Morgan fingerprint density at radius 3 is 2.75 bits per heavy atom. The van der Waals surface area contributed by atoms with Crippen LogP contribution in [0, 0.1) is 5.92 Å². The van der Waals surface area contributed by atoms with Gasteiger partial charge in [-0.05, 0) is 50.7 Å². The summed E-state index contributed by atoms with van der Waals surface area (Å²) >= 11 is 0. The number of amides is 1. The number of nitrogens with one attached hydrogen (secondary N) is 1. The summed E-state index contributed by atoms with van der Waals surface area (Å²) in [6, 6.07) is 4.05. The van der Waals surface area contributed by atoms with Gasteiger partial charge in [-0.1, -0.05) is 6.92 Å². The quantitative estimate of drug-likeness (QED) is 0.918. The van der Waals surface area contributed by atoms with Crippen molar-refractivity contribution < 1.29 is 4.79 Å². The van der Waals surface area contributed by atoms with Crippen LogP contribution < -0.4 is 5.32 Å². The molecule has 2 rings (SSSR count). The number of hydrogen-bond acceptors (Lipinski definition) is 3. The number of carbonyl (C=O) groups excluding carboxylic acids is 1. The highest BCUT2D eigenvalue weighted by molar-refractivity contribution is 5.98. The molecule has 1 saturated carbocycles. The average Bonchev–Trinajstić information content (AvgIpc) is 2.47. The molecule has 4 nitrogen and oxygen atoms in total. The van der Waals surface area contributed by atoms with E-state index < -0.39 is 0 Å². The highest BCUT2D eigenvalue weighted by atomic mass is 16.2. The van der Waals surface area contributed by atoms with E-state index in [1.807, 2.05) is 31.0 Å². The molecule has 1 heterocycles. The number of pyridine rings is 1. The molecule has 0 spiro atoms. The summed E-state index contributed by atoms with van der Waals surface area (Å²) in [6.07, 6.45) is 6.38. The van der Waals surface area contributed by atoms with Crippen molar-refractivity contribution in [3.63, 3.8) is 0 Å². The fourth-order valence-corrected chi connectivity index (χ4v) is 2.87. The lowest BCUT2D eigenvalue weighted by atomic mass is 9.86. The molecular formula is C16H25N3O. The van der Waals surface area contributed by atoms with Gasteiger partial charge in [0.25, 0.3) is 5.91 Å². The molecule has 0 radical (unpaired) electrons. The van der Waals surface area contributed by atoms with E-state index in [0.29, 0.717) is 17.4 Å². The number of nitrogens with zero attached hydrogens (tertiary/aromatic N) is 2. The Morgan fingerprint density at radius 1 is 1.40 bits per heavy atom. The fourth-order valence-electron chi connectivity index (χ4n) is 2.87. The smallest absolute Gasteiger partial charge is 0.257 e. The summed E-state index contributed by atoms with van der Waals surface area (Å²) in [4.78, 5) is 18.8. The molecule has 0 bridgehead atoms. The summed E-state index contributed by atoms with van der Waals surface area (Å²) in [7, 11) is 1.92. The standard InChI is InChI=1S/C16H25N3O/c1-4-17-15-14(6-5-11-18-15)16(20)19(3)13-9-7-12(2)8-10-13/h5-6,11-13H,4,7-10H2,1-3H3,(H,17,18). The van der Waals surface area contributed by atoms with Crippen molar-refractivity contribution in [2.45, 2.75) is 45.6 Å². The van der Waals surface area contributed by atoms with Crippen LogP contribution in [0.2, 0.25) is 0 Å². The highest BCUT2D eigenvalue weighted by Crippen LogP contribution is 2.27. The topological polar surface area (TPSA) is 45.2 Å². The molecule has 1 aliphatic carbocycles. The number of carbonyl (C=O) groups is 1. The molecule has 1 aromatic heterocycles. The lowest BCUT2D eigenvalue weighted by Crippen LogP contribution is -2.39. The number of aromatic nitrogens is 1. The SMILES string of the molecule is CCNc1ncccc1C(=O)N(C)C1CCC(C)CC1. The minimum absolute atomic E-state index is 0.0774. The van der Waals surface area contributed by atoms with Crippen molar-refractivity contribution in [3.05, 3.63) is 23.9 Å². The maximum Gasteiger partial charge on any atom is 0.257 e. The van der Waals surface area contributed by atoms with Crippen LogP contribution in [0.1, 0.15) is 49.9 Å². The van der Waals surface area contributed by atoms with Crippen molar-refractivity contribution >= 4 is 11.7 Å². The van der Waals surface area contributed by atoms with Gasteiger partial charge in [0.1, 0.15) is 5.82 Å². The minimum Gasteiger partial charge on any atom is -0.370 e. The summed E-state index contributed by atoms with van der Waals surface area (Å²) in [5, 5.41) is 3.16. The molecule has 1 aromatic rings. The molecular weight excluding hydrogens is 250 g/mol. The first-order valence-electron chi connectivity index (χ1n) is 7.59. The Kier molecular flexibility index (Phi) is 4.99. The van der Waals surface area contributed by atoms with E-state index in [2.05, 4.69) is 17.2 Å². The summed E-state index contributed by atoms with van der Waals surface area (Å²) in [5.74, 6) is 1.56. The van der Waals surface area contributed by atoms with E-state index in [9.17, 15) is 4.79 Å². The van der Waals surface area contributed by atoms with Gasteiger partial charge >= 0.3 is 0 Å². The van der Waals surface area contributed by atoms with Crippen molar-refractivity contribution in [2.24, 2.45) is 5.92 Å². The van der Waals surface area contributed by atoms with Crippen molar-refractivity contribution in [3.8, 4) is 0 Å². The molecule has 0 saturated heterocycles. The Balaban J connectivity index is 2.10. The zero-order valence-corrected chi connectivity index (χ0v) is 12.7. The highest BCUT2D eigenvalue weighted by Gasteiger charge is 2.26. The minimum atomic E-state index is 0.0774. The lowest BCUT2D eigenvalue weighted by Gasteiger charge is -2.33. The summed E-state index contributed by atoms with van der Waals surface area (Å²) < 4.78 is 0. The molecule has 0 atom stereocenters. The summed E-state index contributed by atoms with van der Waals surface area (Å²) in [6.45, 7) is 5.07. The van der Waals surface area contributed by atoms with Gasteiger partial charge in [-0.15, -0.1) is 0 Å². The second kappa shape index (κ2) is 6.73. The Bertz CT molecular complexity index is 453. The van der Waals surface area contributed by atoms with E-state index in [1.54, 1.807) is 6.20 Å². The van der Waals surface area contributed by atoms with Crippen LogP contribution in [0.25, 0.3) is 0 Å². The van der Waals surface area contributed by atoms with Gasteiger partial charge in [0.15, 0.2) is 0 Å². The van der Waals surface area contributed by atoms with E-state index in [4.69, 9.17) is 0 Å². The van der Waals surface area contributed by atoms with Crippen LogP contribution in [0.3, 0.4) is 0 Å². The first kappa shape index (κ1) is 14.8. The predicted octanol–water partition coefficient (Wildman–Crippen LogP) is 3.16. The van der Waals surface area contributed by atoms with Gasteiger partial charge < -0.3 is 10.2 Å². The van der Waals surface area contributed by atoms with Crippen LogP contribution in [-0.4, -0.2) is 35.4 Å². The number of rotatable bonds is 4. The number of hydrogen-bond donors (Lipinski definition) is 1. The molecule has 110 valence electrons.